The zero-order chi connectivity index (χ0) is 18.0. The number of carbonyl (C=O) groups is 1. The minimum atomic E-state index is -0.156. The molecule has 2 aromatic rings. The number of carbonyl (C=O) groups excluding carboxylic acids is 1. The van der Waals surface area contributed by atoms with Gasteiger partial charge < -0.3 is 14.8 Å². The van der Waals surface area contributed by atoms with Gasteiger partial charge in [-0.1, -0.05) is 25.4 Å². The molecule has 1 heterocycles. The number of hydrogen-bond donors (Lipinski definition) is 2. The van der Waals surface area contributed by atoms with E-state index < -0.39 is 0 Å². The van der Waals surface area contributed by atoms with E-state index in [2.05, 4.69) is 29.4 Å². The maximum absolute atomic E-state index is 12.3. The fourth-order valence-electron chi connectivity index (χ4n) is 2.70. The van der Waals surface area contributed by atoms with Crippen LogP contribution in [0.4, 0.5) is 0 Å². The van der Waals surface area contributed by atoms with Gasteiger partial charge in [-0.05, 0) is 37.0 Å². The van der Waals surface area contributed by atoms with Gasteiger partial charge in [0, 0.05) is 11.6 Å². The summed E-state index contributed by atoms with van der Waals surface area (Å²) in [5.74, 6) is 1.46. The number of benzene rings is 1. The van der Waals surface area contributed by atoms with Crippen molar-refractivity contribution in [3.05, 3.63) is 40.7 Å². The van der Waals surface area contributed by atoms with Gasteiger partial charge in [0.2, 0.25) is 0 Å². The zero-order valence-electron chi connectivity index (χ0n) is 14.6. The van der Waals surface area contributed by atoms with Crippen LogP contribution in [0.1, 0.15) is 42.9 Å². The Bertz CT molecular complexity index is 769. The van der Waals surface area contributed by atoms with E-state index in [1.165, 1.54) is 0 Å². The molecule has 0 unspecified atom stereocenters. The smallest absolute Gasteiger partial charge is 0.272 e. The van der Waals surface area contributed by atoms with Gasteiger partial charge in [-0.15, -0.1) is 0 Å². The number of rotatable bonds is 7. The molecule has 1 fully saturated rings. The third kappa shape index (κ3) is 3.90. The Morgan fingerprint density at radius 1 is 1.40 bits per heavy atom. The molecule has 2 N–H and O–H groups in total. The first-order valence-corrected chi connectivity index (χ1v) is 8.64. The number of aromatic nitrogens is 2. The van der Waals surface area contributed by atoms with E-state index >= 15 is 0 Å². The van der Waals surface area contributed by atoms with Crippen molar-refractivity contribution >= 4 is 17.5 Å². The molecule has 0 aliphatic heterocycles. The van der Waals surface area contributed by atoms with Crippen LogP contribution in [0.2, 0.25) is 5.02 Å². The highest BCUT2D eigenvalue weighted by Crippen LogP contribution is 2.42. The molecule has 1 saturated carbocycles. The van der Waals surface area contributed by atoms with Gasteiger partial charge >= 0.3 is 0 Å². The number of aromatic amines is 1. The molecule has 3 rings (SSSR count). The second-order valence-corrected chi connectivity index (χ2v) is 7.04. The van der Waals surface area contributed by atoms with E-state index in [9.17, 15) is 4.79 Å². The van der Waals surface area contributed by atoms with Crippen LogP contribution in [-0.2, 0) is 6.61 Å². The second kappa shape index (κ2) is 6.96. The molecule has 1 aliphatic carbocycles. The molecule has 7 heteroatoms. The summed E-state index contributed by atoms with van der Waals surface area (Å²) in [6.45, 7) is 4.48. The summed E-state index contributed by atoms with van der Waals surface area (Å²) in [7, 11) is 1.58. The molecular weight excluding hydrogens is 342 g/mol. The first-order chi connectivity index (χ1) is 11.9. The predicted molar refractivity (Wildman–Crippen MR) is 95.2 cm³/mol. The minimum Gasteiger partial charge on any atom is -0.497 e. The van der Waals surface area contributed by atoms with Gasteiger partial charge in [0.05, 0.1) is 17.8 Å². The fraction of sp³-hybridized carbons (Fsp3) is 0.444. The van der Waals surface area contributed by atoms with Crippen molar-refractivity contribution in [3.8, 4) is 11.5 Å². The first kappa shape index (κ1) is 17.6. The molecule has 0 atom stereocenters. The molecule has 0 bridgehead atoms. The Kier molecular flexibility index (Phi) is 4.90. The van der Waals surface area contributed by atoms with Crippen LogP contribution in [0, 0.1) is 5.92 Å². The normalized spacial score (nSPS) is 15.1. The fourth-order valence-corrected chi connectivity index (χ4v) is 2.93. The molecule has 6 nitrogen and oxygen atoms in total. The second-order valence-electron chi connectivity index (χ2n) is 6.63. The Labute approximate surface area is 151 Å². The van der Waals surface area contributed by atoms with Crippen molar-refractivity contribution in [2.24, 2.45) is 5.92 Å². The topological polar surface area (TPSA) is 76.2 Å². The van der Waals surface area contributed by atoms with Crippen molar-refractivity contribution in [2.75, 3.05) is 7.11 Å². The van der Waals surface area contributed by atoms with Crippen LogP contribution in [0.3, 0.4) is 0 Å². The summed E-state index contributed by atoms with van der Waals surface area (Å²) in [4.78, 5) is 12.3. The van der Waals surface area contributed by atoms with Crippen molar-refractivity contribution in [3.63, 3.8) is 0 Å². The molecule has 1 aliphatic rings. The van der Waals surface area contributed by atoms with Crippen LogP contribution in [-0.4, -0.2) is 28.8 Å². The number of nitrogens with zero attached hydrogens (tertiary/aromatic N) is 1. The molecule has 1 amide bonds. The van der Waals surface area contributed by atoms with Gasteiger partial charge in [-0.25, -0.2) is 0 Å². The summed E-state index contributed by atoms with van der Waals surface area (Å²) in [5.41, 5.74) is 1.00. The van der Waals surface area contributed by atoms with Crippen molar-refractivity contribution in [1.82, 2.24) is 15.5 Å². The number of halogens is 1. The molecule has 0 saturated heterocycles. The molecular formula is C18H22ClN3O3. The summed E-state index contributed by atoms with van der Waals surface area (Å²) >= 11 is 6.14. The van der Waals surface area contributed by atoms with Crippen molar-refractivity contribution < 1.29 is 14.3 Å². The molecule has 1 aromatic heterocycles. The maximum atomic E-state index is 12.3. The van der Waals surface area contributed by atoms with E-state index in [1.54, 1.807) is 31.4 Å². The van der Waals surface area contributed by atoms with Crippen LogP contribution < -0.4 is 14.8 Å². The van der Waals surface area contributed by atoms with E-state index in [0.29, 0.717) is 33.8 Å². The van der Waals surface area contributed by atoms with Crippen LogP contribution in [0.5, 0.6) is 11.5 Å². The third-order valence-corrected chi connectivity index (χ3v) is 4.94. The van der Waals surface area contributed by atoms with Gasteiger partial charge in [0.1, 0.15) is 23.8 Å². The molecule has 134 valence electrons. The first-order valence-electron chi connectivity index (χ1n) is 8.26. The summed E-state index contributed by atoms with van der Waals surface area (Å²) < 4.78 is 10.8. The Morgan fingerprint density at radius 3 is 2.76 bits per heavy atom. The number of hydrogen-bond acceptors (Lipinski definition) is 4. The lowest BCUT2D eigenvalue weighted by atomic mass is 10.0. The van der Waals surface area contributed by atoms with Crippen LogP contribution in [0.15, 0.2) is 24.3 Å². The molecule has 1 aromatic carbocycles. The van der Waals surface area contributed by atoms with Crippen LogP contribution in [0.25, 0.3) is 0 Å². The Morgan fingerprint density at radius 2 is 2.16 bits per heavy atom. The van der Waals surface area contributed by atoms with E-state index in [4.69, 9.17) is 21.1 Å². The van der Waals surface area contributed by atoms with Gasteiger partial charge in [0.25, 0.3) is 5.91 Å². The van der Waals surface area contributed by atoms with Gasteiger partial charge in [0.15, 0.2) is 0 Å². The highest BCUT2D eigenvalue weighted by Gasteiger charge is 2.46. The van der Waals surface area contributed by atoms with Gasteiger partial charge in [-0.2, -0.15) is 5.10 Å². The Balaban J connectivity index is 1.59. The number of methoxy groups -OCH3 is 1. The predicted octanol–water partition coefficient (Wildman–Crippen LogP) is 3.57. The standard InChI is InChI=1S/C18H22ClN3O3/c1-11(2)18(6-7-18)20-17(23)15-8-12(21-22-15)10-25-16-5-4-13(24-3)9-14(16)19/h4-5,8-9,11H,6-7,10H2,1-3H3,(H,20,23)(H,21,22). The average Bonchev–Trinajstić information content (AvgIpc) is 3.22. The summed E-state index contributed by atoms with van der Waals surface area (Å²) in [6, 6.07) is 6.89. The highest BCUT2D eigenvalue weighted by atomic mass is 35.5. The number of amides is 1. The Hall–Kier alpha value is -2.21. The SMILES string of the molecule is COc1ccc(OCc2cc(C(=O)NC3(C(C)C)CC3)n[nH]2)c(Cl)c1. The lowest BCUT2D eigenvalue weighted by Gasteiger charge is -2.20. The average molecular weight is 364 g/mol. The van der Waals surface area contributed by atoms with Crippen LogP contribution >= 0.6 is 11.6 Å². The largest absolute Gasteiger partial charge is 0.497 e. The summed E-state index contributed by atoms with van der Waals surface area (Å²) in [5, 5.41) is 10.5. The highest BCUT2D eigenvalue weighted by molar-refractivity contribution is 6.32. The maximum Gasteiger partial charge on any atom is 0.272 e. The van der Waals surface area contributed by atoms with E-state index in [1.807, 2.05) is 0 Å². The lowest BCUT2D eigenvalue weighted by molar-refractivity contribution is 0.0913. The molecule has 0 radical (unpaired) electrons. The zero-order valence-corrected chi connectivity index (χ0v) is 15.3. The minimum absolute atomic E-state index is 0.0662. The summed E-state index contributed by atoms with van der Waals surface area (Å²) in [6.07, 6.45) is 2.04. The molecule has 25 heavy (non-hydrogen) atoms. The lowest BCUT2D eigenvalue weighted by Crippen LogP contribution is -2.40. The quantitative estimate of drug-likeness (QED) is 0.788. The van der Waals surface area contributed by atoms with Crippen molar-refractivity contribution in [1.29, 1.82) is 0 Å². The monoisotopic (exact) mass is 363 g/mol. The number of ether oxygens (including phenoxy) is 2. The third-order valence-electron chi connectivity index (χ3n) is 4.64. The van der Waals surface area contributed by atoms with E-state index in [-0.39, 0.29) is 18.1 Å². The van der Waals surface area contributed by atoms with Crippen molar-refractivity contribution in [2.45, 2.75) is 38.8 Å². The van der Waals surface area contributed by atoms with E-state index in [0.717, 1.165) is 12.8 Å². The number of nitrogens with one attached hydrogen (secondary N) is 2. The number of H-pyrrole nitrogens is 1. The molecule has 0 spiro atoms. The van der Waals surface area contributed by atoms with Gasteiger partial charge in [-0.3, -0.25) is 9.89 Å².